The minimum atomic E-state index is -0.790. The number of H-pyrrole nitrogens is 1. The number of fused-ring (bicyclic) bond motifs is 3. The lowest BCUT2D eigenvalue weighted by Gasteiger charge is -2.29. The Labute approximate surface area is 204 Å². The highest BCUT2D eigenvalue weighted by molar-refractivity contribution is 6.23. The molecule has 2 aliphatic rings. The van der Waals surface area contributed by atoms with E-state index in [1.54, 1.807) is 73.8 Å². The fourth-order valence-corrected chi connectivity index (χ4v) is 4.86. The van der Waals surface area contributed by atoms with Gasteiger partial charge in [-0.15, -0.1) is 0 Å². The third-order valence-corrected chi connectivity index (χ3v) is 6.55. The molecular weight excluding hydrogens is 458 g/mol. The molecule has 4 aromatic rings. The molecule has 0 saturated heterocycles. The van der Waals surface area contributed by atoms with Gasteiger partial charge in [0.25, 0.3) is 5.56 Å². The summed E-state index contributed by atoms with van der Waals surface area (Å²) in [6.07, 6.45) is 0. The van der Waals surface area contributed by atoms with Crippen LogP contribution in [0.1, 0.15) is 43.3 Å². The summed E-state index contributed by atoms with van der Waals surface area (Å²) in [7, 11) is 1.55. The first-order valence-corrected chi connectivity index (χ1v) is 11.3. The number of allylic oxidation sites excluding steroid dienone is 1. The topological polar surface area (TPSA) is 110 Å². The fraction of sp³-hybridized carbons (Fsp3) is 0.0714. The molecule has 1 aliphatic carbocycles. The molecular formula is C28H19N3O5. The number of hydrogen-bond donors (Lipinski definition) is 2. The van der Waals surface area contributed by atoms with Crippen LogP contribution >= 0.6 is 0 Å². The number of aromatic amines is 1. The van der Waals surface area contributed by atoms with Crippen LogP contribution in [0.25, 0.3) is 5.70 Å². The van der Waals surface area contributed by atoms with Gasteiger partial charge in [0, 0.05) is 29.7 Å². The fourth-order valence-electron chi connectivity index (χ4n) is 4.86. The van der Waals surface area contributed by atoms with Gasteiger partial charge < -0.3 is 10.1 Å². The first-order valence-electron chi connectivity index (χ1n) is 11.3. The second-order valence-corrected chi connectivity index (χ2v) is 8.63. The molecule has 0 unspecified atom stereocenters. The van der Waals surface area contributed by atoms with E-state index in [1.165, 1.54) is 4.57 Å². The lowest BCUT2D eigenvalue weighted by Crippen LogP contribution is -2.37. The average Bonchev–Trinajstić information content (AvgIpc) is 3.18. The molecule has 36 heavy (non-hydrogen) atoms. The van der Waals surface area contributed by atoms with Crippen LogP contribution in [-0.2, 0) is 7.05 Å². The van der Waals surface area contributed by atoms with E-state index in [9.17, 15) is 19.2 Å². The number of carbonyl (C=O) groups is 2. The van der Waals surface area contributed by atoms with Gasteiger partial charge >= 0.3 is 11.7 Å². The standard InChI is InChI=1S/C28H19N3O5/c1-31-25-22(26(33)30-28(31)35)20(21-23(29-25)18-12-5-6-13-19(18)24(21)32)16-10-7-11-17(14-16)36-27(34)15-8-3-2-4-9-15/h2-14,20,29H,1H3,(H,30,33,35)/t20-/m1/s1. The molecule has 0 amide bonds. The number of aromatic nitrogens is 2. The zero-order valence-corrected chi connectivity index (χ0v) is 19.1. The van der Waals surface area contributed by atoms with Gasteiger partial charge in [-0.05, 0) is 29.8 Å². The van der Waals surface area contributed by atoms with Crippen molar-refractivity contribution >= 4 is 23.3 Å². The number of anilines is 1. The number of nitrogens with zero attached hydrogens (tertiary/aromatic N) is 1. The van der Waals surface area contributed by atoms with Crippen LogP contribution in [0.2, 0.25) is 0 Å². The van der Waals surface area contributed by atoms with Crippen molar-refractivity contribution in [2.75, 3.05) is 5.32 Å². The summed E-state index contributed by atoms with van der Waals surface area (Å²) in [6.45, 7) is 0. The summed E-state index contributed by atoms with van der Waals surface area (Å²) < 4.78 is 6.91. The van der Waals surface area contributed by atoms with Gasteiger partial charge in [-0.2, -0.15) is 0 Å². The highest BCUT2D eigenvalue weighted by atomic mass is 16.5. The van der Waals surface area contributed by atoms with E-state index < -0.39 is 23.1 Å². The molecule has 1 atom stereocenters. The van der Waals surface area contributed by atoms with E-state index in [2.05, 4.69) is 10.3 Å². The molecule has 0 radical (unpaired) electrons. The molecule has 2 heterocycles. The van der Waals surface area contributed by atoms with Gasteiger partial charge in [-0.3, -0.25) is 19.1 Å². The van der Waals surface area contributed by atoms with Crippen LogP contribution in [0.4, 0.5) is 5.82 Å². The predicted octanol–water partition coefficient (Wildman–Crippen LogP) is 3.46. The lowest BCUT2D eigenvalue weighted by atomic mass is 9.81. The Bertz CT molecular complexity index is 1730. The Morgan fingerprint density at radius 1 is 0.889 bits per heavy atom. The number of ketones is 1. The monoisotopic (exact) mass is 477 g/mol. The van der Waals surface area contributed by atoms with Gasteiger partial charge in [-0.25, -0.2) is 9.59 Å². The third-order valence-electron chi connectivity index (χ3n) is 6.55. The Hall–Kier alpha value is -4.98. The highest BCUT2D eigenvalue weighted by Gasteiger charge is 2.42. The van der Waals surface area contributed by atoms with Crippen molar-refractivity contribution < 1.29 is 14.3 Å². The smallest absolute Gasteiger partial charge is 0.343 e. The quantitative estimate of drug-likeness (QED) is 0.346. The van der Waals surface area contributed by atoms with Crippen molar-refractivity contribution in [3.05, 3.63) is 133 Å². The summed E-state index contributed by atoms with van der Waals surface area (Å²) in [5.41, 5.74) is 2.23. The van der Waals surface area contributed by atoms with Crippen LogP contribution in [0.3, 0.4) is 0 Å². The molecule has 8 heteroatoms. The highest BCUT2D eigenvalue weighted by Crippen LogP contribution is 2.48. The molecule has 0 fully saturated rings. The van der Waals surface area contributed by atoms with E-state index in [1.807, 2.05) is 12.1 Å². The number of ether oxygens (including phenoxy) is 1. The molecule has 0 spiro atoms. The van der Waals surface area contributed by atoms with Crippen molar-refractivity contribution in [3.8, 4) is 5.75 Å². The Morgan fingerprint density at radius 3 is 2.39 bits per heavy atom. The Balaban J connectivity index is 1.52. The SMILES string of the molecule is Cn1c2c(c(=O)[nH]c1=O)[C@H](c1cccc(OC(=O)c3ccccc3)c1)C1=C(N2)c2ccccc2C1=O. The van der Waals surface area contributed by atoms with Crippen LogP contribution < -0.4 is 21.3 Å². The summed E-state index contributed by atoms with van der Waals surface area (Å²) in [4.78, 5) is 54.0. The second-order valence-electron chi connectivity index (χ2n) is 8.63. The number of nitrogens with one attached hydrogen (secondary N) is 2. The van der Waals surface area contributed by atoms with Crippen molar-refractivity contribution in [2.24, 2.45) is 7.05 Å². The summed E-state index contributed by atoms with van der Waals surface area (Å²) in [6, 6.07) is 22.5. The zero-order valence-electron chi connectivity index (χ0n) is 19.1. The van der Waals surface area contributed by atoms with Gasteiger partial charge in [0.1, 0.15) is 11.6 Å². The zero-order chi connectivity index (χ0) is 25.0. The first kappa shape index (κ1) is 21.5. The number of benzene rings is 3. The maximum atomic E-state index is 13.6. The molecule has 1 aromatic heterocycles. The maximum absolute atomic E-state index is 13.6. The van der Waals surface area contributed by atoms with Crippen molar-refractivity contribution in [1.29, 1.82) is 0 Å². The predicted molar refractivity (Wildman–Crippen MR) is 133 cm³/mol. The number of esters is 1. The minimum absolute atomic E-state index is 0.205. The van der Waals surface area contributed by atoms with Crippen molar-refractivity contribution in [3.63, 3.8) is 0 Å². The van der Waals surface area contributed by atoms with E-state index in [0.717, 1.165) is 0 Å². The average molecular weight is 477 g/mol. The van der Waals surface area contributed by atoms with Crippen molar-refractivity contribution in [2.45, 2.75) is 5.92 Å². The molecule has 176 valence electrons. The first-order chi connectivity index (χ1) is 17.4. The molecule has 3 aromatic carbocycles. The van der Waals surface area contributed by atoms with Crippen LogP contribution in [0, 0.1) is 0 Å². The molecule has 2 N–H and O–H groups in total. The number of carbonyl (C=O) groups excluding carboxylic acids is 2. The summed E-state index contributed by atoms with van der Waals surface area (Å²) in [5.74, 6) is -0.940. The third kappa shape index (κ3) is 3.23. The minimum Gasteiger partial charge on any atom is -0.423 e. The van der Waals surface area contributed by atoms with E-state index in [4.69, 9.17) is 4.74 Å². The van der Waals surface area contributed by atoms with Gasteiger partial charge in [-0.1, -0.05) is 54.6 Å². The van der Waals surface area contributed by atoms with E-state index >= 15 is 0 Å². The molecule has 6 rings (SSSR count). The summed E-state index contributed by atoms with van der Waals surface area (Å²) in [5, 5.41) is 3.18. The van der Waals surface area contributed by atoms with E-state index in [0.29, 0.717) is 39.3 Å². The largest absolute Gasteiger partial charge is 0.423 e. The number of Topliss-reactive ketones (excluding diaryl/α,β-unsaturated/α-hetero) is 1. The Kier molecular flexibility index (Phi) is 4.82. The molecule has 8 nitrogen and oxygen atoms in total. The van der Waals surface area contributed by atoms with Crippen LogP contribution in [-0.4, -0.2) is 21.3 Å². The number of hydrogen-bond acceptors (Lipinski definition) is 6. The summed E-state index contributed by atoms with van der Waals surface area (Å²) >= 11 is 0. The van der Waals surface area contributed by atoms with E-state index in [-0.39, 0.29) is 17.1 Å². The van der Waals surface area contributed by atoms with Gasteiger partial charge in [0.05, 0.1) is 16.8 Å². The van der Waals surface area contributed by atoms with Crippen molar-refractivity contribution in [1.82, 2.24) is 9.55 Å². The second kappa shape index (κ2) is 8.06. The van der Waals surface area contributed by atoms with Gasteiger partial charge in [0.15, 0.2) is 5.78 Å². The molecule has 0 bridgehead atoms. The molecule has 0 saturated carbocycles. The van der Waals surface area contributed by atoms with Crippen LogP contribution in [0.15, 0.2) is 94.0 Å². The Morgan fingerprint density at radius 2 is 1.61 bits per heavy atom. The lowest BCUT2D eigenvalue weighted by molar-refractivity contribution is 0.0734. The maximum Gasteiger partial charge on any atom is 0.343 e. The van der Waals surface area contributed by atoms with Gasteiger partial charge in [0.2, 0.25) is 0 Å². The molecule has 1 aliphatic heterocycles. The number of rotatable bonds is 3. The normalized spacial score (nSPS) is 15.6. The van der Waals surface area contributed by atoms with Crippen LogP contribution in [0.5, 0.6) is 5.75 Å².